The number of carbonyl (C=O) groups excluding carboxylic acids is 1. The molecule has 4 aliphatic rings. The summed E-state index contributed by atoms with van der Waals surface area (Å²) in [6.07, 6.45) is -0.0378. The molecule has 0 radical (unpaired) electrons. The van der Waals surface area contributed by atoms with Crippen LogP contribution in [0.15, 0.2) is 34.9 Å². The Bertz CT molecular complexity index is 1260. The highest BCUT2D eigenvalue weighted by molar-refractivity contribution is 5.93. The molecule has 198 valence electrons. The van der Waals surface area contributed by atoms with Crippen LogP contribution in [0.2, 0.25) is 0 Å². The molecule has 0 bridgehead atoms. The van der Waals surface area contributed by atoms with E-state index in [2.05, 4.69) is 5.92 Å². The lowest BCUT2D eigenvalue weighted by Gasteiger charge is -2.53. The second-order valence-electron chi connectivity index (χ2n) is 11.4. The van der Waals surface area contributed by atoms with Crippen molar-refractivity contribution in [2.75, 3.05) is 19.0 Å². The quantitative estimate of drug-likeness (QED) is 0.372. The summed E-state index contributed by atoms with van der Waals surface area (Å²) in [7, 11) is 3.09. The molecule has 1 aromatic carbocycles. The number of fused-ring (bicyclic) bond motifs is 4. The standard InChI is InChI=1S/C29H30F5NO2/c1-27-15-21(17-13-23(30)26(35(2)3)24(31)14-17)25-19-7-5-18(36)12-16(19)4-6-20(25)22(27)8-9-28(27,37)10-11-29(32,33)34/h12-14,20-22,37H,4-9,15H2,1-3H3/t20-,21+,22-,27-,28+/m0/s1. The number of rotatable bonds is 2. The van der Waals surface area contributed by atoms with E-state index in [1.165, 1.54) is 23.0 Å². The summed E-state index contributed by atoms with van der Waals surface area (Å²) in [4.78, 5) is 13.5. The van der Waals surface area contributed by atoms with Gasteiger partial charge in [0.15, 0.2) is 5.78 Å². The van der Waals surface area contributed by atoms with Gasteiger partial charge in [-0.2, -0.15) is 13.2 Å². The molecule has 5 atom stereocenters. The maximum atomic E-state index is 15.1. The van der Waals surface area contributed by atoms with Crippen LogP contribution in [0.5, 0.6) is 0 Å². The molecule has 2 fully saturated rings. The molecule has 0 amide bonds. The lowest BCUT2D eigenvalue weighted by molar-refractivity contribution is -0.114. The van der Waals surface area contributed by atoms with E-state index >= 15 is 8.78 Å². The van der Waals surface area contributed by atoms with Crippen LogP contribution in [-0.4, -0.2) is 36.8 Å². The smallest absolute Gasteiger partial charge is 0.377 e. The fourth-order valence-corrected chi connectivity index (χ4v) is 7.56. The fraction of sp³-hybridized carbons (Fsp3) is 0.552. The SMILES string of the molecule is CN(C)c1c(F)cc([C@H]2C[C@@]3(C)[C@@H](CC[C@@]3(O)C#CC(F)(F)F)[C@@H]3CCC4=CC(=O)CCC4=C32)cc1F. The molecule has 5 rings (SSSR count). The van der Waals surface area contributed by atoms with E-state index in [9.17, 15) is 23.1 Å². The van der Waals surface area contributed by atoms with Crippen molar-refractivity contribution >= 4 is 11.5 Å². The Morgan fingerprint density at radius 3 is 2.38 bits per heavy atom. The second kappa shape index (κ2) is 8.69. The molecule has 0 unspecified atom stereocenters. The number of nitrogens with zero attached hydrogens (tertiary/aromatic N) is 1. The molecule has 1 aromatic rings. The number of ketones is 1. The highest BCUT2D eigenvalue weighted by Gasteiger charge is 2.62. The van der Waals surface area contributed by atoms with Gasteiger partial charge in [-0.05, 0) is 85.3 Å². The van der Waals surface area contributed by atoms with Crippen molar-refractivity contribution in [3.63, 3.8) is 0 Å². The van der Waals surface area contributed by atoms with Gasteiger partial charge in [-0.25, -0.2) is 8.78 Å². The molecule has 0 aromatic heterocycles. The molecule has 3 nitrogen and oxygen atoms in total. The topological polar surface area (TPSA) is 40.5 Å². The van der Waals surface area contributed by atoms with Gasteiger partial charge < -0.3 is 10.0 Å². The lowest BCUT2D eigenvalue weighted by Crippen LogP contribution is -2.51. The van der Waals surface area contributed by atoms with Crippen molar-refractivity contribution < 1.29 is 31.9 Å². The summed E-state index contributed by atoms with van der Waals surface area (Å²) in [6.45, 7) is 1.78. The molecule has 8 heteroatoms. The minimum atomic E-state index is -4.74. The molecular formula is C29H30F5NO2. The van der Waals surface area contributed by atoms with E-state index in [-0.39, 0.29) is 36.1 Å². The minimum absolute atomic E-state index is 0.0556. The largest absolute Gasteiger partial charge is 0.457 e. The number of hydrogen-bond acceptors (Lipinski definition) is 3. The minimum Gasteiger partial charge on any atom is -0.377 e. The van der Waals surface area contributed by atoms with Crippen molar-refractivity contribution in [3.05, 3.63) is 52.1 Å². The Balaban J connectivity index is 1.70. The Hall–Kier alpha value is -2.66. The molecular weight excluding hydrogens is 489 g/mol. The molecule has 0 spiro atoms. The van der Waals surface area contributed by atoms with Crippen LogP contribution < -0.4 is 4.90 Å². The van der Waals surface area contributed by atoms with Crippen LogP contribution in [0.1, 0.15) is 63.4 Å². The molecule has 0 saturated heterocycles. The van der Waals surface area contributed by atoms with Gasteiger partial charge in [0.1, 0.15) is 22.9 Å². The summed E-state index contributed by atoms with van der Waals surface area (Å²) in [5.41, 5.74) is 0.355. The Morgan fingerprint density at radius 2 is 1.76 bits per heavy atom. The molecule has 0 heterocycles. The zero-order valence-electron chi connectivity index (χ0n) is 21.1. The summed E-state index contributed by atoms with van der Waals surface area (Å²) in [5.74, 6) is 1.34. The van der Waals surface area contributed by atoms with Gasteiger partial charge in [-0.3, -0.25) is 4.79 Å². The number of benzene rings is 1. The zero-order chi connectivity index (χ0) is 26.9. The van der Waals surface area contributed by atoms with Crippen LogP contribution in [0.4, 0.5) is 27.6 Å². The molecule has 0 aliphatic heterocycles. The van der Waals surface area contributed by atoms with Crippen molar-refractivity contribution in [2.45, 2.75) is 69.6 Å². The first-order chi connectivity index (χ1) is 17.2. The van der Waals surface area contributed by atoms with Gasteiger partial charge in [0.2, 0.25) is 0 Å². The first-order valence-electron chi connectivity index (χ1n) is 12.7. The van der Waals surface area contributed by atoms with E-state index in [1.807, 2.05) is 0 Å². The normalized spacial score (nSPS) is 33.2. The van der Waals surface area contributed by atoms with E-state index in [1.54, 1.807) is 27.1 Å². The van der Waals surface area contributed by atoms with Crippen LogP contribution in [0.25, 0.3) is 0 Å². The predicted octanol–water partition coefficient (Wildman–Crippen LogP) is 6.23. The summed E-state index contributed by atoms with van der Waals surface area (Å²) in [5, 5.41) is 11.6. The van der Waals surface area contributed by atoms with E-state index in [0.29, 0.717) is 37.7 Å². The summed E-state index contributed by atoms with van der Waals surface area (Å²) in [6, 6.07) is 2.61. The monoisotopic (exact) mass is 519 g/mol. The van der Waals surface area contributed by atoms with E-state index < -0.39 is 34.7 Å². The Morgan fingerprint density at radius 1 is 1.08 bits per heavy atom. The maximum Gasteiger partial charge on any atom is 0.457 e. The second-order valence-corrected chi connectivity index (χ2v) is 11.4. The van der Waals surface area contributed by atoms with Crippen LogP contribution in [0, 0.1) is 40.7 Å². The third-order valence-corrected chi connectivity index (χ3v) is 9.19. The third kappa shape index (κ3) is 4.20. The Labute approximate surface area is 213 Å². The number of allylic oxidation sites excluding steroid dienone is 4. The number of anilines is 1. The van der Waals surface area contributed by atoms with Crippen molar-refractivity contribution in [2.24, 2.45) is 17.3 Å². The number of alkyl halides is 3. The zero-order valence-corrected chi connectivity index (χ0v) is 21.1. The molecule has 4 aliphatic carbocycles. The van der Waals surface area contributed by atoms with E-state index in [4.69, 9.17) is 0 Å². The highest BCUT2D eigenvalue weighted by atomic mass is 19.4. The van der Waals surface area contributed by atoms with E-state index in [0.717, 1.165) is 16.7 Å². The van der Waals surface area contributed by atoms with Crippen molar-refractivity contribution in [3.8, 4) is 11.8 Å². The number of aliphatic hydroxyl groups is 1. The first-order valence-corrected chi connectivity index (χ1v) is 12.7. The third-order valence-electron chi connectivity index (χ3n) is 9.19. The van der Waals surface area contributed by atoms with Crippen LogP contribution >= 0.6 is 0 Å². The van der Waals surface area contributed by atoms with Crippen LogP contribution in [-0.2, 0) is 4.79 Å². The Kier molecular flexibility index (Phi) is 6.10. The van der Waals surface area contributed by atoms with Crippen molar-refractivity contribution in [1.82, 2.24) is 0 Å². The van der Waals surface area contributed by atoms with Gasteiger partial charge in [0, 0.05) is 37.8 Å². The highest BCUT2D eigenvalue weighted by Crippen LogP contribution is 2.66. The number of halogens is 5. The van der Waals surface area contributed by atoms with Gasteiger partial charge in [0.05, 0.1) is 0 Å². The first kappa shape index (κ1) is 26.0. The average Bonchev–Trinajstić information content (AvgIpc) is 3.06. The van der Waals surface area contributed by atoms with Gasteiger partial charge in [0.25, 0.3) is 0 Å². The number of carbonyl (C=O) groups is 1. The number of hydrogen-bond donors (Lipinski definition) is 1. The molecule has 37 heavy (non-hydrogen) atoms. The van der Waals surface area contributed by atoms with Crippen LogP contribution in [0.3, 0.4) is 0 Å². The van der Waals surface area contributed by atoms with Gasteiger partial charge >= 0.3 is 6.18 Å². The fourth-order valence-electron chi connectivity index (χ4n) is 7.56. The molecule has 1 N–H and O–H groups in total. The lowest BCUT2D eigenvalue weighted by atomic mass is 9.51. The van der Waals surface area contributed by atoms with Crippen molar-refractivity contribution in [1.29, 1.82) is 0 Å². The maximum absolute atomic E-state index is 15.1. The predicted molar refractivity (Wildman–Crippen MR) is 130 cm³/mol. The molecule has 2 saturated carbocycles. The average molecular weight is 520 g/mol. The summed E-state index contributed by atoms with van der Waals surface area (Å²) < 4.78 is 69.4. The van der Waals surface area contributed by atoms with Gasteiger partial charge in [-0.15, -0.1) is 0 Å². The summed E-state index contributed by atoms with van der Waals surface area (Å²) >= 11 is 0. The van der Waals surface area contributed by atoms with Gasteiger partial charge in [-0.1, -0.05) is 18.4 Å².